The number of thioether (sulfide) groups is 1. The van der Waals surface area contributed by atoms with Crippen LogP contribution in [0.15, 0.2) is 59.6 Å². The lowest BCUT2D eigenvalue weighted by atomic mass is 10.1. The number of amides is 3. The molecule has 0 aromatic heterocycles. The Hall–Kier alpha value is -3.00. The summed E-state index contributed by atoms with van der Waals surface area (Å²) in [6, 6.07) is 17.2. The molecule has 0 saturated carbocycles. The molecule has 0 aliphatic carbocycles. The second-order valence-corrected chi connectivity index (χ2v) is 9.94. The number of para-hydroxylation sites is 1. The summed E-state index contributed by atoms with van der Waals surface area (Å²) in [5.74, 6) is 0.598. The van der Waals surface area contributed by atoms with Gasteiger partial charge in [-0.15, -0.1) is 0 Å². The summed E-state index contributed by atoms with van der Waals surface area (Å²) >= 11 is 1.61. The third-order valence-corrected chi connectivity index (χ3v) is 5.59. The van der Waals surface area contributed by atoms with Crippen molar-refractivity contribution in [3.63, 3.8) is 0 Å². The van der Waals surface area contributed by atoms with E-state index in [0.29, 0.717) is 11.6 Å². The third kappa shape index (κ3) is 7.53. The molecule has 0 atom stereocenters. The number of aliphatic imine (C=N–C) groups is 1. The van der Waals surface area contributed by atoms with Gasteiger partial charge in [0.25, 0.3) is 0 Å². The van der Waals surface area contributed by atoms with Gasteiger partial charge in [0.15, 0.2) is 5.17 Å². The maximum atomic E-state index is 12.8. The molecular weight excluding hydrogens is 436 g/mol. The Bertz CT molecular complexity index is 987. The van der Waals surface area contributed by atoms with Crippen LogP contribution in [0.3, 0.4) is 0 Å². The maximum Gasteiger partial charge on any atom is 0.411 e. The molecule has 2 aromatic carbocycles. The van der Waals surface area contributed by atoms with Crippen molar-refractivity contribution in [1.29, 1.82) is 0 Å². The summed E-state index contributed by atoms with van der Waals surface area (Å²) in [7, 11) is 1.52. The van der Waals surface area contributed by atoms with E-state index in [2.05, 4.69) is 0 Å². The summed E-state index contributed by atoms with van der Waals surface area (Å²) < 4.78 is 0. The van der Waals surface area contributed by atoms with Crippen molar-refractivity contribution in [1.82, 2.24) is 4.90 Å². The number of hydrogen-bond donors (Lipinski definition) is 1. The highest BCUT2D eigenvalue weighted by atomic mass is 32.2. The first kappa shape index (κ1) is 26.3. The zero-order valence-electron chi connectivity index (χ0n) is 20.4. The Morgan fingerprint density at radius 2 is 1.76 bits per heavy atom. The van der Waals surface area contributed by atoms with Crippen LogP contribution < -0.4 is 9.80 Å². The average Bonchev–Trinajstić information content (AvgIpc) is 2.73. The van der Waals surface area contributed by atoms with Crippen LogP contribution in [0.1, 0.15) is 40.2 Å². The molecule has 1 aliphatic heterocycles. The molecule has 1 aliphatic rings. The first-order chi connectivity index (χ1) is 15.4. The lowest BCUT2D eigenvalue weighted by molar-refractivity contribution is 0.203. The van der Waals surface area contributed by atoms with E-state index in [1.165, 1.54) is 11.9 Å². The quantitative estimate of drug-likeness (QED) is 0.572. The van der Waals surface area contributed by atoms with Crippen molar-refractivity contribution in [2.24, 2.45) is 4.99 Å². The van der Waals surface area contributed by atoms with Crippen LogP contribution >= 0.6 is 11.8 Å². The SMILES string of the molecule is CC(C)N1C(=O)N(c2ccccc2)CSC1=NC(C)(C)C.Cc1cccc(N(C)C(=O)O)c1. The summed E-state index contributed by atoms with van der Waals surface area (Å²) in [6.45, 7) is 12.1. The molecule has 3 amide bonds. The fraction of sp³-hybridized carbons (Fsp3) is 0.400. The number of benzene rings is 2. The van der Waals surface area contributed by atoms with Gasteiger partial charge in [0.2, 0.25) is 0 Å². The van der Waals surface area contributed by atoms with Gasteiger partial charge in [0, 0.05) is 24.5 Å². The second kappa shape index (κ2) is 11.2. The standard InChI is InChI=1S/C16H23N3OS.C9H11NO2/c1-12(2)19-14(17-16(3,4)5)21-11-18(15(19)20)13-9-7-6-8-10-13;1-7-4-3-5-8(6-7)10(2)9(11)12/h6-10,12H,11H2,1-5H3;3-6H,1-2H3,(H,11,12). The number of amidine groups is 1. The van der Waals surface area contributed by atoms with E-state index in [1.54, 1.807) is 27.6 Å². The molecule has 0 radical (unpaired) electrons. The Labute approximate surface area is 201 Å². The number of carbonyl (C=O) groups is 2. The third-order valence-electron chi connectivity index (χ3n) is 4.66. The van der Waals surface area contributed by atoms with E-state index < -0.39 is 6.09 Å². The van der Waals surface area contributed by atoms with E-state index >= 15 is 0 Å². The van der Waals surface area contributed by atoms with Gasteiger partial charge in [-0.25, -0.2) is 9.59 Å². The maximum absolute atomic E-state index is 12.8. The normalized spacial score (nSPS) is 15.4. The van der Waals surface area contributed by atoms with Crippen molar-refractivity contribution in [3.05, 3.63) is 60.2 Å². The number of urea groups is 1. The smallest absolute Gasteiger partial charge is 0.411 e. The molecule has 8 heteroatoms. The second-order valence-electron chi connectivity index (χ2n) is 9.03. The highest BCUT2D eigenvalue weighted by Gasteiger charge is 2.34. The fourth-order valence-electron chi connectivity index (χ4n) is 3.01. The number of hydrogen-bond acceptors (Lipinski definition) is 4. The minimum absolute atomic E-state index is 0.00190. The molecule has 33 heavy (non-hydrogen) atoms. The molecule has 0 spiro atoms. The number of carboxylic acid groups (broad SMARTS) is 1. The molecule has 7 nitrogen and oxygen atoms in total. The molecule has 1 N–H and O–H groups in total. The van der Waals surface area contributed by atoms with E-state index in [1.807, 2.05) is 90.1 Å². The highest BCUT2D eigenvalue weighted by molar-refractivity contribution is 8.14. The summed E-state index contributed by atoms with van der Waals surface area (Å²) in [5.41, 5.74) is 2.49. The van der Waals surface area contributed by atoms with Crippen molar-refractivity contribution in [3.8, 4) is 0 Å². The predicted molar refractivity (Wildman–Crippen MR) is 139 cm³/mol. The fourth-order valence-corrected chi connectivity index (χ4v) is 4.28. The molecular formula is C25H34N4O3S. The molecule has 3 rings (SSSR count). The minimum Gasteiger partial charge on any atom is -0.465 e. The first-order valence-electron chi connectivity index (χ1n) is 10.8. The van der Waals surface area contributed by atoms with E-state index in [-0.39, 0.29) is 17.6 Å². The van der Waals surface area contributed by atoms with E-state index in [4.69, 9.17) is 10.1 Å². The van der Waals surface area contributed by atoms with Crippen molar-refractivity contribution < 1.29 is 14.7 Å². The molecule has 178 valence electrons. The zero-order valence-corrected chi connectivity index (χ0v) is 21.3. The Morgan fingerprint density at radius 1 is 1.12 bits per heavy atom. The molecule has 1 saturated heterocycles. The van der Waals surface area contributed by atoms with Gasteiger partial charge in [-0.2, -0.15) is 0 Å². The largest absolute Gasteiger partial charge is 0.465 e. The number of rotatable bonds is 3. The lowest BCUT2D eigenvalue weighted by Crippen LogP contribution is -2.53. The summed E-state index contributed by atoms with van der Waals surface area (Å²) in [5, 5.41) is 9.47. The van der Waals surface area contributed by atoms with Crippen LogP contribution in [0.2, 0.25) is 0 Å². The van der Waals surface area contributed by atoms with Gasteiger partial charge < -0.3 is 5.11 Å². The minimum atomic E-state index is -0.944. The summed E-state index contributed by atoms with van der Waals surface area (Å²) in [6.07, 6.45) is -0.944. The Balaban J connectivity index is 0.000000273. The van der Waals surface area contributed by atoms with Crippen LogP contribution in [0.25, 0.3) is 0 Å². The van der Waals surface area contributed by atoms with Crippen LogP contribution in [0.5, 0.6) is 0 Å². The molecule has 0 bridgehead atoms. The topological polar surface area (TPSA) is 76.5 Å². The van der Waals surface area contributed by atoms with Gasteiger partial charge in [0.1, 0.15) is 0 Å². The number of nitrogens with zero attached hydrogens (tertiary/aromatic N) is 4. The lowest BCUT2D eigenvalue weighted by Gasteiger charge is -2.38. The molecule has 2 aromatic rings. The Kier molecular flexibility index (Phi) is 8.93. The van der Waals surface area contributed by atoms with Gasteiger partial charge in [-0.05, 0) is 71.4 Å². The molecule has 1 heterocycles. The highest BCUT2D eigenvalue weighted by Crippen LogP contribution is 2.29. The van der Waals surface area contributed by atoms with Crippen molar-refractivity contribution in [2.45, 2.75) is 53.1 Å². The van der Waals surface area contributed by atoms with Crippen LogP contribution in [0, 0.1) is 6.92 Å². The van der Waals surface area contributed by atoms with Gasteiger partial charge >= 0.3 is 12.1 Å². The van der Waals surface area contributed by atoms with E-state index in [0.717, 1.165) is 16.4 Å². The summed E-state index contributed by atoms with van der Waals surface area (Å²) in [4.78, 5) is 32.8. The van der Waals surface area contributed by atoms with E-state index in [9.17, 15) is 9.59 Å². The van der Waals surface area contributed by atoms with Crippen LogP contribution in [0.4, 0.5) is 21.0 Å². The number of aryl methyl sites for hydroxylation is 1. The van der Waals surface area contributed by atoms with Crippen LogP contribution in [-0.4, -0.2) is 51.8 Å². The first-order valence-corrected chi connectivity index (χ1v) is 11.8. The van der Waals surface area contributed by atoms with Crippen molar-refractivity contribution >= 4 is 40.4 Å². The van der Waals surface area contributed by atoms with Gasteiger partial charge in [-0.1, -0.05) is 42.1 Å². The molecule has 1 fully saturated rings. The monoisotopic (exact) mass is 470 g/mol. The van der Waals surface area contributed by atoms with Gasteiger partial charge in [0.05, 0.1) is 11.4 Å². The molecule has 0 unspecified atom stereocenters. The number of anilines is 2. The Morgan fingerprint density at radius 3 is 2.27 bits per heavy atom. The number of carbonyl (C=O) groups excluding carboxylic acids is 1. The van der Waals surface area contributed by atoms with Crippen LogP contribution in [-0.2, 0) is 0 Å². The van der Waals surface area contributed by atoms with Crippen molar-refractivity contribution in [2.75, 3.05) is 22.7 Å². The average molecular weight is 471 g/mol. The zero-order chi connectivity index (χ0) is 24.8. The predicted octanol–water partition coefficient (Wildman–Crippen LogP) is 6.29. The van der Waals surface area contributed by atoms with Gasteiger partial charge in [-0.3, -0.25) is 19.7 Å².